The molecule has 3 rings (SSSR count). The minimum Gasteiger partial charge on any atom is -0.492 e. The molecule has 0 radical (unpaired) electrons. The monoisotopic (exact) mass is 489 g/mol. The Morgan fingerprint density at radius 2 is 1.74 bits per heavy atom. The average Bonchev–Trinajstić information content (AvgIpc) is 2.75. The van der Waals surface area contributed by atoms with Gasteiger partial charge in [0.1, 0.15) is 18.2 Å². The van der Waals surface area contributed by atoms with E-state index in [4.69, 9.17) is 27.9 Å². The van der Waals surface area contributed by atoms with Gasteiger partial charge >= 0.3 is 0 Å². The van der Waals surface area contributed by atoms with Gasteiger partial charge in [-0.3, -0.25) is 9.69 Å². The Labute approximate surface area is 190 Å². The van der Waals surface area contributed by atoms with Crippen LogP contribution >= 0.6 is 23.2 Å². The maximum Gasteiger partial charge on any atom is 0.243 e. The van der Waals surface area contributed by atoms with E-state index in [0.717, 1.165) is 12.1 Å². The Balaban J connectivity index is 1.40. The lowest BCUT2D eigenvalue weighted by Gasteiger charge is -2.33. The van der Waals surface area contributed by atoms with Crippen molar-refractivity contribution in [3.05, 3.63) is 58.3 Å². The predicted molar refractivity (Wildman–Crippen MR) is 117 cm³/mol. The molecule has 0 bridgehead atoms. The zero-order valence-electron chi connectivity index (χ0n) is 16.6. The van der Waals surface area contributed by atoms with Crippen molar-refractivity contribution in [1.29, 1.82) is 0 Å². The number of hydrogen-bond donors (Lipinski definition) is 1. The highest BCUT2D eigenvalue weighted by Gasteiger charge is 2.29. The average molecular weight is 490 g/mol. The molecule has 11 heteroatoms. The van der Waals surface area contributed by atoms with Gasteiger partial charge in [0.2, 0.25) is 15.9 Å². The maximum atomic E-state index is 13.3. The van der Waals surface area contributed by atoms with Crippen LogP contribution < -0.4 is 10.1 Å². The minimum absolute atomic E-state index is 0.0502. The van der Waals surface area contributed by atoms with Gasteiger partial charge in [-0.15, -0.1) is 0 Å². The minimum atomic E-state index is -3.77. The summed E-state index contributed by atoms with van der Waals surface area (Å²) in [6.45, 7) is 2.10. The Morgan fingerprint density at radius 3 is 2.39 bits per heavy atom. The van der Waals surface area contributed by atoms with Crippen LogP contribution in [0.3, 0.4) is 0 Å². The summed E-state index contributed by atoms with van der Waals surface area (Å²) in [5.74, 6) is -0.172. The first-order valence-electron chi connectivity index (χ1n) is 9.58. The Bertz CT molecular complexity index is 1010. The number of carbonyl (C=O) groups is 1. The SMILES string of the molecule is O=C(CN1CCN(S(=O)(=O)c2ccc(F)c(Cl)c2)CC1)NCCOc1ccc(Cl)cc1. The van der Waals surface area contributed by atoms with E-state index in [1.54, 1.807) is 24.3 Å². The van der Waals surface area contributed by atoms with Crippen LogP contribution in [0.1, 0.15) is 0 Å². The molecule has 0 spiro atoms. The van der Waals surface area contributed by atoms with Crippen LogP contribution in [-0.2, 0) is 14.8 Å². The second kappa shape index (κ2) is 10.6. The van der Waals surface area contributed by atoms with Gasteiger partial charge in [-0.05, 0) is 42.5 Å². The second-order valence-corrected chi connectivity index (χ2v) is 9.69. The fourth-order valence-electron chi connectivity index (χ4n) is 3.06. The maximum absolute atomic E-state index is 13.3. The van der Waals surface area contributed by atoms with Crippen LogP contribution in [0.15, 0.2) is 47.4 Å². The molecule has 0 saturated carbocycles. The van der Waals surface area contributed by atoms with Crippen LogP contribution in [-0.4, -0.2) is 69.4 Å². The molecule has 0 unspecified atom stereocenters. The van der Waals surface area contributed by atoms with E-state index in [2.05, 4.69) is 5.32 Å². The van der Waals surface area contributed by atoms with Gasteiger partial charge in [0.15, 0.2) is 0 Å². The lowest BCUT2D eigenvalue weighted by atomic mass is 10.3. The van der Waals surface area contributed by atoms with Crippen molar-refractivity contribution in [1.82, 2.24) is 14.5 Å². The summed E-state index contributed by atoms with van der Waals surface area (Å²) in [4.78, 5) is 14.0. The summed E-state index contributed by atoms with van der Waals surface area (Å²) in [6, 6.07) is 10.3. The second-order valence-electron chi connectivity index (χ2n) is 6.91. The van der Waals surface area contributed by atoms with Gasteiger partial charge in [0, 0.05) is 31.2 Å². The van der Waals surface area contributed by atoms with Gasteiger partial charge in [-0.1, -0.05) is 23.2 Å². The lowest BCUT2D eigenvalue weighted by Crippen LogP contribution is -2.51. The number of amides is 1. The van der Waals surface area contributed by atoms with Crippen molar-refractivity contribution in [3.63, 3.8) is 0 Å². The lowest BCUT2D eigenvalue weighted by molar-refractivity contribution is -0.122. The number of carbonyl (C=O) groups excluding carboxylic acids is 1. The van der Waals surface area contributed by atoms with Crippen molar-refractivity contribution in [2.24, 2.45) is 0 Å². The summed E-state index contributed by atoms with van der Waals surface area (Å²) in [7, 11) is -3.77. The van der Waals surface area contributed by atoms with E-state index in [1.165, 1.54) is 10.4 Å². The summed E-state index contributed by atoms with van der Waals surface area (Å²) >= 11 is 11.5. The van der Waals surface area contributed by atoms with Crippen molar-refractivity contribution >= 4 is 39.1 Å². The van der Waals surface area contributed by atoms with Crippen LogP contribution in [0.25, 0.3) is 0 Å². The van der Waals surface area contributed by atoms with E-state index in [9.17, 15) is 17.6 Å². The van der Waals surface area contributed by atoms with Gasteiger partial charge in [0.25, 0.3) is 0 Å². The zero-order chi connectivity index (χ0) is 22.4. The molecule has 1 saturated heterocycles. The van der Waals surface area contributed by atoms with E-state index in [-0.39, 0.29) is 35.5 Å². The van der Waals surface area contributed by atoms with Crippen LogP contribution in [0.4, 0.5) is 4.39 Å². The molecule has 1 fully saturated rings. The highest BCUT2D eigenvalue weighted by molar-refractivity contribution is 7.89. The largest absolute Gasteiger partial charge is 0.492 e. The highest BCUT2D eigenvalue weighted by Crippen LogP contribution is 2.23. The first-order chi connectivity index (χ1) is 14.8. The number of rotatable bonds is 8. The summed E-state index contributed by atoms with van der Waals surface area (Å²) in [5, 5.41) is 3.16. The van der Waals surface area contributed by atoms with Crippen molar-refractivity contribution in [2.75, 3.05) is 45.9 Å². The molecular formula is C20H22Cl2FN3O4S. The smallest absolute Gasteiger partial charge is 0.243 e. The number of hydrogen-bond acceptors (Lipinski definition) is 5. The molecule has 2 aromatic rings. The van der Waals surface area contributed by atoms with Gasteiger partial charge in [-0.2, -0.15) is 4.31 Å². The Morgan fingerprint density at radius 1 is 1.06 bits per heavy atom. The number of sulfonamides is 1. The summed E-state index contributed by atoms with van der Waals surface area (Å²) < 4.78 is 45.6. The number of nitrogens with zero attached hydrogens (tertiary/aromatic N) is 2. The fourth-order valence-corrected chi connectivity index (χ4v) is 4.88. The molecular weight excluding hydrogens is 468 g/mol. The van der Waals surface area contributed by atoms with E-state index in [0.29, 0.717) is 37.0 Å². The molecule has 1 aliphatic rings. The quantitative estimate of drug-likeness (QED) is 0.576. The van der Waals surface area contributed by atoms with Gasteiger partial charge in [-0.25, -0.2) is 12.8 Å². The number of ether oxygens (including phenoxy) is 1. The molecule has 168 valence electrons. The molecule has 0 aliphatic carbocycles. The van der Waals surface area contributed by atoms with Crippen molar-refractivity contribution in [2.45, 2.75) is 4.90 Å². The summed E-state index contributed by atoms with van der Waals surface area (Å²) in [6.07, 6.45) is 0. The first-order valence-corrected chi connectivity index (χ1v) is 11.8. The van der Waals surface area contributed by atoms with E-state index in [1.807, 2.05) is 4.90 Å². The Hall–Kier alpha value is -1.91. The molecule has 7 nitrogen and oxygen atoms in total. The highest BCUT2D eigenvalue weighted by atomic mass is 35.5. The number of benzene rings is 2. The molecule has 1 heterocycles. The fraction of sp³-hybridized carbons (Fsp3) is 0.350. The predicted octanol–water partition coefficient (Wildman–Crippen LogP) is 2.63. The van der Waals surface area contributed by atoms with Crippen molar-refractivity contribution < 1.29 is 22.3 Å². The molecule has 31 heavy (non-hydrogen) atoms. The van der Waals surface area contributed by atoms with E-state index >= 15 is 0 Å². The number of piperazine rings is 1. The molecule has 1 aliphatic heterocycles. The molecule has 1 amide bonds. The molecule has 0 atom stereocenters. The molecule has 0 aromatic heterocycles. The standard InChI is InChI=1S/C20H22Cl2FN3O4S/c21-15-1-3-16(4-2-15)30-12-7-24-20(27)14-25-8-10-26(11-9-25)31(28,29)17-5-6-19(23)18(22)13-17/h1-6,13H,7-12,14H2,(H,24,27). The normalized spacial score (nSPS) is 15.6. The van der Waals surface area contributed by atoms with E-state index < -0.39 is 15.8 Å². The topological polar surface area (TPSA) is 79.0 Å². The zero-order valence-corrected chi connectivity index (χ0v) is 18.9. The third kappa shape index (κ3) is 6.54. The van der Waals surface area contributed by atoms with Crippen LogP contribution in [0.5, 0.6) is 5.75 Å². The summed E-state index contributed by atoms with van der Waals surface area (Å²) in [5.41, 5.74) is 0. The first kappa shape index (κ1) is 23.7. The third-order valence-electron chi connectivity index (χ3n) is 4.73. The van der Waals surface area contributed by atoms with Gasteiger partial charge in [0.05, 0.1) is 23.0 Å². The van der Waals surface area contributed by atoms with Crippen molar-refractivity contribution in [3.8, 4) is 5.75 Å². The number of nitrogens with one attached hydrogen (secondary N) is 1. The molecule has 1 N–H and O–H groups in total. The molecule has 2 aromatic carbocycles. The van der Waals surface area contributed by atoms with Crippen LogP contribution in [0, 0.1) is 5.82 Å². The third-order valence-corrected chi connectivity index (χ3v) is 7.17. The Kier molecular flexibility index (Phi) is 8.12. The van der Waals surface area contributed by atoms with Crippen LogP contribution in [0.2, 0.25) is 10.0 Å². The van der Waals surface area contributed by atoms with Gasteiger partial charge < -0.3 is 10.1 Å². The number of halogens is 3.